The number of rotatable bonds is 20. The fourth-order valence-corrected chi connectivity index (χ4v) is 4.68. The minimum atomic E-state index is -0.260. The number of ether oxygens (including phenoxy) is 6. The highest BCUT2D eigenvalue weighted by Crippen LogP contribution is 2.28. The van der Waals surface area contributed by atoms with Crippen LogP contribution in [0.25, 0.3) is 0 Å². The van der Waals surface area contributed by atoms with Gasteiger partial charge in [-0.3, -0.25) is 4.79 Å². The van der Waals surface area contributed by atoms with E-state index < -0.39 is 0 Å². The molecule has 0 aliphatic rings. The molecule has 0 saturated carbocycles. The predicted molar refractivity (Wildman–Crippen MR) is 137 cm³/mol. The van der Waals surface area contributed by atoms with E-state index >= 15 is 0 Å². The van der Waals surface area contributed by atoms with Crippen LogP contribution in [0.3, 0.4) is 0 Å². The van der Waals surface area contributed by atoms with Crippen LogP contribution in [0.1, 0.15) is 58.9 Å². The smallest absolute Gasteiger partial charge is 0.308 e. The van der Waals surface area contributed by atoms with Crippen molar-refractivity contribution in [1.82, 2.24) is 0 Å². The quantitative estimate of drug-likeness (QED) is 0.175. The molecular weight excluding hydrogens is 448 g/mol. The molecule has 0 heterocycles. The molecule has 0 aromatic heterocycles. The lowest BCUT2D eigenvalue weighted by Gasteiger charge is -2.29. The van der Waals surface area contributed by atoms with Crippen molar-refractivity contribution in [3.05, 3.63) is 35.9 Å². The van der Waals surface area contributed by atoms with Crippen LogP contribution in [-0.4, -0.2) is 59.7 Å². The van der Waals surface area contributed by atoms with E-state index in [0.717, 1.165) is 24.8 Å². The highest BCUT2D eigenvalue weighted by Gasteiger charge is 2.26. The predicted octanol–water partition coefficient (Wildman–Crippen LogP) is 5.46. The third-order valence-corrected chi connectivity index (χ3v) is 6.41. The van der Waals surface area contributed by atoms with Crippen LogP contribution in [0.5, 0.6) is 0 Å². The van der Waals surface area contributed by atoms with Crippen molar-refractivity contribution in [3.63, 3.8) is 0 Å². The van der Waals surface area contributed by atoms with Crippen LogP contribution in [0.4, 0.5) is 0 Å². The SMILES string of the molecule is COCO[C@@H](COCc1ccccc1)[C@@H](C)C[C@H](C)C[C@H](C)C[C@H](C)[C@H](CC(=O)OC)OCOC. The summed E-state index contributed by atoms with van der Waals surface area (Å²) in [7, 11) is 4.63. The summed E-state index contributed by atoms with van der Waals surface area (Å²) in [6.45, 7) is 10.5. The first-order valence-electron chi connectivity index (χ1n) is 12.7. The number of hydrogen-bond donors (Lipinski definition) is 0. The molecule has 0 aliphatic carbocycles. The van der Waals surface area contributed by atoms with Crippen LogP contribution in [0, 0.1) is 23.7 Å². The Morgan fingerprint density at radius 1 is 0.771 bits per heavy atom. The van der Waals surface area contributed by atoms with Crippen molar-refractivity contribution in [2.45, 2.75) is 72.2 Å². The molecule has 0 radical (unpaired) electrons. The van der Waals surface area contributed by atoms with E-state index in [1.54, 1.807) is 14.2 Å². The third kappa shape index (κ3) is 14.0. The Balaban J connectivity index is 2.53. The Labute approximate surface area is 212 Å². The molecule has 0 unspecified atom stereocenters. The average molecular weight is 497 g/mol. The lowest BCUT2D eigenvalue weighted by molar-refractivity contribution is -0.149. The van der Waals surface area contributed by atoms with Crippen LogP contribution in [-0.2, 0) is 39.8 Å². The highest BCUT2D eigenvalue weighted by atomic mass is 16.7. The second-order valence-electron chi connectivity index (χ2n) is 9.88. The van der Waals surface area contributed by atoms with Crippen LogP contribution in [0.2, 0.25) is 0 Å². The molecule has 7 nitrogen and oxygen atoms in total. The number of carbonyl (C=O) groups excluding carboxylic acids is 1. The summed E-state index contributed by atoms with van der Waals surface area (Å²) < 4.78 is 32.7. The molecule has 0 bridgehead atoms. The van der Waals surface area contributed by atoms with Crippen LogP contribution >= 0.6 is 0 Å². The summed E-state index contributed by atoms with van der Waals surface area (Å²) >= 11 is 0. The normalized spacial score (nSPS) is 16.8. The maximum atomic E-state index is 11.8. The molecule has 0 aliphatic heterocycles. The summed E-state index contributed by atoms with van der Waals surface area (Å²) in [6.07, 6.45) is 3.09. The minimum absolute atomic E-state index is 0.0257. The lowest BCUT2D eigenvalue weighted by Crippen LogP contribution is -2.30. The zero-order valence-corrected chi connectivity index (χ0v) is 22.9. The molecule has 1 aromatic carbocycles. The third-order valence-electron chi connectivity index (χ3n) is 6.41. The maximum absolute atomic E-state index is 11.8. The van der Waals surface area contributed by atoms with Gasteiger partial charge in [0.1, 0.15) is 13.6 Å². The average Bonchev–Trinajstić information content (AvgIpc) is 2.83. The topological polar surface area (TPSA) is 72.5 Å². The number of esters is 1. The number of carbonyl (C=O) groups is 1. The van der Waals surface area contributed by atoms with Crippen molar-refractivity contribution in [2.75, 3.05) is 41.5 Å². The zero-order chi connectivity index (χ0) is 26.1. The fourth-order valence-electron chi connectivity index (χ4n) is 4.68. The van der Waals surface area contributed by atoms with Gasteiger partial charge in [0, 0.05) is 14.2 Å². The second-order valence-corrected chi connectivity index (χ2v) is 9.88. The number of methoxy groups -OCH3 is 3. The highest BCUT2D eigenvalue weighted by molar-refractivity contribution is 5.69. The van der Waals surface area contributed by atoms with Gasteiger partial charge >= 0.3 is 5.97 Å². The fraction of sp³-hybridized carbons (Fsp3) is 0.750. The maximum Gasteiger partial charge on any atom is 0.308 e. The number of benzene rings is 1. The molecule has 0 saturated heterocycles. The molecule has 0 N–H and O–H groups in total. The van der Waals surface area contributed by atoms with Gasteiger partial charge in [0.15, 0.2) is 0 Å². The minimum Gasteiger partial charge on any atom is -0.469 e. The van der Waals surface area contributed by atoms with Gasteiger partial charge in [0.2, 0.25) is 0 Å². The Morgan fingerprint density at radius 3 is 1.86 bits per heavy atom. The molecule has 0 amide bonds. The standard InChI is InChI=1S/C28H48O7/c1-21(14-23(3)26(34-19-30-5)16-28(29)32-7)13-22(2)15-24(4)27(35-20-31-6)18-33-17-25-11-9-8-10-12-25/h8-12,21-24,26-27H,13-20H2,1-7H3/t21-,22+,23-,24-,26-,27-/m0/s1. The van der Waals surface area contributed by atoms with Gasteiger partial charge in [-0.05, 0) is 48.5 Å². The van der Waals surface area contributed by atoms with E-state index in [1.165, 1.54) is 7.11 Å². The van der Waals surface area contributed by atoms with Crippen LogP contribution < -0.4 is 0 Å². The summed E-state index contributed by atoms with van der Waals surface area (Å²) in [5, 5.41) is 0. The van der Waals surface area contributed by atoms with Crippen molar-refractivity contribution < 1.29 is 33.2 Å². The van der Waals surface area contributed by atoms with E-state index in [4.69, 9.17) is 28.4 Å². The number of hydrogen-bond acceptors (Lipinski definition) is 7. The van der Waals surface area contributed by atoms with Crippen molar-refractivity contribution >= 4 is 5.97 Å². The molecular formula is C28H48O7. The lowest BCUT2D eigenvalue weighted by atomic mass is 9.83. The van der Waals surface area contributed by atoms with Crippen molar-refractivity contribution in [1.29, 1.82) is 0 Å². The van der Waals surface area contributed by atoms with Gasteiger partial charge in [-0.2, -0.15) is 0 Å². The van der Waals surface area contributed by atoms with E-state index in [0.29, 0.717) is 31.0 Å². The Kier molecular flexibility index (Phi) is 16.9. The van der Waals surface area contributed by atoms with Gasteiger partial charge in [0.05, 0.1) is 39.0 Å². The summed E-state index contributed by atoms with van der Waals surface area (Å²) in [5.74, 6) is 1.30. The molecule has 35 heavy (non-hydrogen) atoms. The van der Waals surface area contributed by atoms with Gasteiger partial charge in [-0.15, -0.1) is 0 Å². The zero-order valence-electron chi connectivity index (χ0n) is 22.9. The summed E-state index contributed by atoms with van der Waals surface area (Å²) in [4.78, 5) is 11.8. The molecule has 1 rings (SSSR count). The Bertz CT molecular complexity index is 654. The summed E-state index contributed by atoms with van der Waals surface area (Å²) in [6, 6.07) is 10.2. The second kappa shape index (κ2) is 18.7. The van der Waals surface area contributed by atoms with Gasteiger partial charge < -0.3 is 28.4 Å². The first-order valence-corrected chi connectivity index (χ1v) is 12.7. The monoisotopic (exact) mass is 496 g/mol. The summed E-state index contributed by atoms with van der Waals surface area (Å²) in [5.41, 5.74) is 1.15. The van der Waals surface area contributed by atoms with Crippen molar-refractivity contribution in [2.24, 2.45) is 23.7 Å². The van der Waals surface area contributed by atoms with E-state index in [-0.39, 0.29) is 44.1 Å². The first kappa shape index (κ1) is 31.5. The Hall–Kier alpha value is -1.51. The van der Waals surface area contributed by atoms with Crippen LogP contribution in [0.15, 0.2) is 30.3 Å². The largest absolute Gasteiger partial charge is 0.469 e. The first-order chi connectivity index (χ1) is 16.8. The van der Waals surface area contributed by atoms with E-state index in [2.05, 4.69) is 39.8 Å². The van der Waals surface area contributed by atoms with E-state index in [1.807, 2.05) is 18.2 Å². The molecule has 1 aromatic rings. The van der Waals surface area contributed by atoms with Gasteiger partial charge in [-0.1, -0.05) is 58.0 Å². The van der Waals surface area contributed by atoms with E-state index in [9.17, 15) is 4.79 Å². The molecule has 0 spiro atoms. The Morgan fingerprint density at radius 2 is 1.31 bits per heavy atom. The van der Waals surface area contributed by atoms with Gasteiger partial charge in [0.25, 0.3) is 0 Å². The molecule has 202 valence electrons. The molecule has 6 atom stereocenters. The van der Waals surface area contributed by atoms with Gasteiger partial charge in [-0.25, -0.2) is 0 Å². The molecule has 0 fully saturated rings. The van der Waals surface area contributed by atoms with Crippen molar-refractivity contribution in [3.8, 4) is 0 Å². The molecule has 7 heteroatoms.